The van der Waals surface area contributed by atoms with Crippen molar-refractivity contribution < 1.29 is 14.1 Å². The fourth-order valence-corrected chi connectivity index (χ4v) is 5.02. The van der Waals surface area contributed by atoms with Crippen molar-refractivity contribution in [1.82, 2.24) is 19.9 Å². The number of pyridine rings is 1. The lowest BCUT2D eigenvalue weighted by Crippen LogP contribution is -2.50. The third-order valence-electron chi connectivity index (χ3n) is 5.69. The number of benzene rings is 1. The fourth-order valence-electron chi connectivity index (χ4n) is 4.02. The van der Waals surface area contributed by atoms with Gasteiger partial charge >= 0.3 is 0 Å². The van der Waals surface area contributed by atoms with Crippen LogP contribution in [-0.4, -0.2) is 64.5 Å². The van der Waals surface area contributed by atoms with E-state index in [-0.39, 0.29) is 18.4 Å². The molecule has 0 saturated carbocycles. The van der Waals surface area contributed by atoms with E-state index in [9.17, 15) is 9.59 Å². The number of fused-ring (bicyclic) bond motifs is 1. The van der Waals surface area contributed by atoms with Crippen LogP contribution >= 0.6 is 22.9 Å². The SMILES string of the molecule is Cc1cc(NC(=O)CN2CCN(C(=O)c3cc(-c4ccc(Cl)s4)nc4ccccc34)CC2)no1. The predicted octanol–water partition coefficient (Wildman–Crippen LogP) is 4.31. The van der Waals surface area contributed by atoms with Gasteiger partial charge in [-0.2, -0.15) is 0 Å². The van der Waals surface area contributed by atoms with Crippen LogP contribution in [0.3, 0.4) is 0 Å². The minimum Gasteiger partial charge on any atom is -0.360 e. The Bertz CT molecular complexity index is 1360. The number of amides is 2. The summed E-state index contributed by atoms with van der Waals surface area (Å²) in [7, 11) is 0. The third kappa shape index (κ3) is 4.82. The van der Waals surface area contributed by atoms with Gasteiger partial charge in [0, 0.05) is 37.6 Å². The molecule has 1 N–H and O–H groups in total. The summed E-state index contributed by atoms with van der Waals surface area (Å²) >= 11 is 7.56. The van der Waals surface area contributed by atoms with E-state index in [0.29, 0.717) is 47.7 Å². The molecule has 0 bridgehead atoms. The van der Waals surface area contributed by atoms with Crippen LogP contribution in [0.2, 0.25) is 4.34 Å². The molecule has 5 rings (SSSR count). The topological polar surface area (TPSA) is 91.6 Å². The molecule has 1 aliphatic rings. The molecule has 0 aliphatic carbocycles. The van der Waals surface area contributed by atoms with Gasteiger partial charge in [-0.15, -0.1) is 11.3 Å². The summed E-state index contributed by atoms with van der Waals surface area (Å²) in [5, 5.41) is 7.34. The molecule has 1 aromatic carbocycles. The summed E-state index contributed by atoms with van der Waals surface area (Å²) in [4.78, 5) is 35.4. The van der Waals surface area contributed by atoms with Gasteiger partial charge in [0.2, 0.25) is 5.91 Å². The molecule has 0 unspecified atom stereocenters. The Morgan fingerprint density at radius 1 is 1.12 bits per heavy atom. The zero-order valence-corrected chi connectivity index (χ0v) is 20.0. The molecule has 4 heterocycles. The first-order valence-corrected chi connectivity index (χ1v) is 12.1. The van der Waals surface area contributed by atoms with Crippen LogP contribution < -0.4 is 5.32 Å². The van der Waals surface area contributed by atoms with E-state index in [4.69, 9.17) is 21.1 Å². The number of carbonyl (C=O) groups is 2. The molecule has 4 aromatic rings. The molecule has 1 saturated heterocycles. The Balaban J connectivity index is 1.29. The van der Waals surface area contributed by atoms with Crippen LogP contribution in [0.5, 0.6) is 0 Å². The van der Waals surface area contributed by atoms with Crippen LogP contribution in [-0.2, 0) is 4.79 Å². The van der Waals surface area contributed by atoms with Gasteiger partial charge in [0.1, 0.15) is 5.76 Å². The molecule has 2 amide bonds. The lowest BCUT2D eigenvalue weighted by molar-refractivity contribution is -0.117. The van der Waals surface area contributed by atoms with Crippen molar-refractivity contribution in [2.75, 3.05) is 38.0 Å². The van der Waals surface area contributed by atoms with E-state index in [0.717, 1.165) is 21.5 Å². The van der Waals surface area contributed by atoms with Crippen molar-refractivity contribution in [2.45, 2.75) is 6.92 Å². The second kappa shape index (κ2) is 9.54. The van der Waals surface area contributed by atoms with Crippen molar-refractivity contribution in [3.8, 4) is 10.6 Å². The summed E-state index contributed by atoms with van der Waals surface area (Å²) in [5.41, 5.74) is 2.13. The first-order chi connectivity index (χ1) is 16.5. The molecule has 3 aromatic heterocycles. The lowest BCUT2D eigenvalue weighted by atomic mass is 10.1. The van der Waals surface area contributed by atoms with Crippen LogP contribution in [0, 0.1) is 6.92 Å². The summed E-state index contributed by atoms with van der Waals surface area (Å²) in [6.45, 7) is 4.28. The number of aromatic nitrogens is 2. The van der Waals surface area contributed by atoms with Crippen molar-refractivity contribution in [1.29, 1.82) is 0 Å². The molecule has 8 nitrogen and oxygen atoms in total. The maximum atomic E-state index is 13.5. The molecule has 0 atom stereocenters. The molecule has 0 radical (unpaired) electrons. The average molecular weight is 496 g/mol. The Morgan fingerprint density at radius 2 is 1.91 bits per heavy atom. The fraction of sp³-hybridized carbons (Fsp3) is 0.250. The molecule has 0 spiro atoms. The quantitative estimate of drug-likeness (QED) is 0.443. The summed E-state index contributed by atoms with van der Waals surface area (Å²) < 4.78 is 5.65. The van der Waals surface area contributed by atoms with Crippen molar-refractivity contribution >= 4 is 51.5 Å². The minimum atomic E-state index is -0.160. The lowest BCUT2D eigenvalue weighted by Gasteiger charge is -2.34. The number of hydrogen-bond donors (Lipinski definition) is 1. The zero-order chi connectivity index (χ0) is 23.7. The summed E-state index contributed by atoms with van der Waals surface area (Å²) in [5.74, 6) is 0.845. The molecule has 34 heavy (non-hydrogen) atoms. The number of thiophene rings is 1. The maximum Gasteiger partial charge on any atom is 0.254 e. The molecule has 10 heteroatoms. The molecular weight excluding hydrogens is 474 g/mol. The van der Waals surface area contributed by atoms with Gasteiger partial charge in [0.05, 0.1) is 32.5 Å². The molecule has 1 fully saturated rings. The van der Waals surface area contributed by atoms with E-state index in [1.54, 1.807) is 13.0 Å². The Kier molecular flexibility index (Phi) is 6.32. The Labute approximate surface area is 205 Å². The molecule has 1 aliphatic heterocycles. The average Bonchev–Trinajstić information content (AvgIpc) is 3.46. The normalized spacial score (nSPS) is 14.5. The second-order valence-electron chi connectivity index (χ2n) is 8.12. The van der Waals surface area contributed by atoms with Crippen molar-refractivity contribution in [3.05, 3.63) is 64.2 Å². The highest BCUT2D eigenvalue weighted by atomic mass is 35.5. The number of halogens is 1. The van der Waals surface area contributed by atoms with Crippen LogP contribution in [0.15, 0.2) is 53.1 Å². The highest BCUT2D eigenvalue weighted by Crippen LogP contribution is 2.32. The monoisotopic (exact) mass is 495 g/mol. The number of rotatable bonds is 5. The van der Waals surface area contributed by atoms with Gasteiger partial charge in [-0.25, -0.2) is 4.98 Å². The number of carbonyl (C=O) groups excluding carboxylic acids is 2. The van der Waals surface area contributed by atoms with E-state index in [1.807, 2.05) is 52.3 Å². The zero-order valence-electron chi connectivity index (χ0n) is 18.5. The molecule has 174 valence electrons. The Morgan fingerprint density at radius 3 is 2.62 bits per heavy atom. The van der Waals surface area contributed by atoms with Crippen LogP contribution in [0.25, 0.3) is 21.5 Å². The van der Waals surface area contributed by atoms with Crippen LogP contribution in [0.1, 0.15) is 16.1 Å². The minimum absolute atomic E-state index is 0.0373. The summed E-state index contributed by atoms with van der Waals surface area (Å²) in [6, 6.07) is 14.9. The number of aryl methyl sites for hydroxylation is 1. The summed E-state index contributed by atoms with van der Waals surface area (Å²) in [6.07, 6.45) is 0. The van der Waals surface area contributed by atoms with Crippen molar-refractivity contribution in [3.63, 3.8) is 0 Å². The third-order valence-corrected chi connectivity index (χ3v) is 6.95. The highest BCUT2D eigenvalue weighted by molar-refractivity contribution is 7.19. The van der Waals surface area contributed by atoms with Gasteiger partial charge in [0.25, 0.3) is 5.91 Å². The number of nitrogens with zero attached hydrogens (tertiary/aromatic N) is 4. The van der Waals surface area contributed by atoms with E-state index >= 15 is 0 Å². The Hall–Kier alpha value is -3.27. The second-order valence-corrected chi connectivity index (χ2v) is 9.83. The van der Waals surface area contributed by atoms with Crippen LogP contribution in [0.4, 0.5) is 5.82 Å². The smallest absolute Gasteiger partial charge is 0.254 e. The van der Waals surface area contributed by atoms with Gasteiger partial charge in [-0.1, -0.05) is 35.0 Å². The molecular formula is C24H22ClN5O3S. The number of piperazine rings is 1. The van der Waals surface area contributed by atoms with E-state index < -0.39 is 0 Å². The largest absolute Gasteiger partial charge is 0.360 e. The number of nitrogens with one attached hydrogen (secondary N) is 1. The van der Waals surface area contributed by atoms with E-state index in [2.05, 4.69) is 10.5 Å². The predicted molar refractivity (Wildman–Crippen MR) is 132 cm³/mol. The van der Waals surface area contributed by atoms with Gasteiger partial charge in [-0.05, 0) is 31.2 Å². The maximum absolute atomic E-state index is 13.5. The van der Waals surface area contributed by atoms with Gasteiger partial charge in [-0.3, -0.25) is 14.5 Å². The van der Waals surface area contributed by atoms with Gasteiger partial charge < -0.3 is 14.7 Å². The number of para-hydroxylation sites is 1. The van der Waals surface area contributed by atoms with E-state index in [1.165, 1.54) is 11.3 Å². The number of hydrogen-bond acceptors (Lipinski definition) is 7. The highest BCUT2D eigenvalue weighted by Gasteiger charge is 2.25. The van der Waals surface area contributed by atoms with Gasteiger partial charge in [0.15, 0.2) is 5.82 Å². The first-order valence-electron chi connectivity index (χ1n) is 10.9. The van der Waals surface area contributed by atoms with Crippen molar-refractivity contribution in [2.24, 2.45) is 0 Å². The number of anilines is 1. The standard InChI is InChI=1S/C24H22ClN5O3S/c1-15-12-22(28-33-15)27-23(31)14-29-8-10-30(11-9-29)24(32)17-13-19(20-6-7-21(25)34-20)26-18-5-3-2-4-16(17)18/h2-7,12-13H,8-11,14H2,1H3,(H,27,28,31). The first kappa shape index (κ1) is 22.5.